The summed E-state index contributed by atoms with van der Waals surface area (Å²) in [6.07, 6.45) is 4.43. The maximum Gasteiger partial charge on any atom is 0.303 e. The molecule has 0 saturated heterocycles. The maximum atomic E-state index is 10.6. The van der Waals surface area contributed by atoms with E-state index >= 15 is 0 Å². The van der Waals surface area contributed by atoms with Crippen LogP contribution < -0.4 is 0 Å². The molecule has 1 heterocycles. The quantitative estimate of drug-likeness (QED) is 0.928. The third-order valence-corrected chi connectivity index (χ3v) is 3.24. The topological polar surface area (TPSA) is 55.1 Å². The Balaban J connectivity index is 2.22. The molecule has 1 N–H and O–H groups in total. The summed E-state index contributed by atoms with van der Waals surface area (Å²) in [6, 6.07) is 8.02. The number of hydrogen-bond acceptors (Lipinski definition) is 2. The van der Waals surface area contributed by atoms with Gasteiger partial charge in [0.1, 0.15) is 0 Å². The molecule has 106 valence electrons. The minimum absolute atomic E-state index is 0.0200. The number of hydrogen-bond donors (Lipinski definition) is 1. The first-order chi connectivity index (χ1) is 9.38. The van der Waals surface area contributed by atoms with E-state index in [0.717, 1.165) is 16.8 Å². The Kier molecular flexibility index (Phi) is 3.93. The van der Waals surface area contributed by atoms with Crippen LogP contribution in [-0.2, 0) is 16.8 Å². The molecule has 0 fully saturated rings. The van der Waals surface area contributed by atoms with E-state index in [2.05, 4.69) is 30.3 Å². The highest BCUT2D eigenvalue weighted by molar-refractivity contribution is 5.67. The Morgan fingerprint density at radius 2 is 1.90 bits per heavy atom. The van der Waals surface area contributed by atoms with Gasteiger partial charge in [-0.2, -0.15) is 0 Å². The minimum atomic E-state index is -0.764. The van der Waals surface area contributed by atoms with Crippen molar-refractivity contribution in [2.24, 2.45) is 0 Å². The molecule has 1 aromatic carbocycles. The van der Waals surface area contributed by atoms with Crippen LogP contribution in [0, 0.1) is 0 Å². The van der Waals surface area contributed by atoms with Crippen molar-refractivity contribution in [3.8, 4) is 11.3 Å². The fourth-order valence-corrected chi connectivity index (χ4v) is 2.14. The zero-order valence-corrected chi connectivity index (χ0v) is 12.1. The number of carboxylic acid groups (broad SMARTS) is 1. The summed E-state index contributed by atoms with van der Waals surface area (Å²) in [5, 5.41) is 8.69. The zero-order valence-electron chi connectivity index (χ0n) is 12.1. The van der Waals surface area contributed by atoms with Gasteiger partial charge in [0.2, 0.25) is 0 Å². The molecule has 1 aromatic heterocycles. The first-order valence-electron chi connectivity index (χ1n) is 6.72. The Labute approximate surface area is 119 Å². The lowest BCUT2D eigenvalue weighted by atomic mass is 10.0. The van der Waals surface area contributed by atoms with Crippen LogP contribution >= 0.6 is 0 Å². The van der Waals surface area contributed by atoms with E-state index in [4.69, 9.17) is 5.11 Å². The average Bonchev–Trinajstić information content (AvgIpc) is 2.86. The second kappa shape index (κ2) is 5.49. The SMILES string of the molecule is CC(C)(C)n1cncc1-c1ccc(CCC(=O)O)cc1. The molecule has 0 unspecified atom stereocenters. The molecule has 4 nitrogen and oxygen atoms in total. The third-order valence-electron chi connectivity index (χ3n) is 3.24. The van der Waals surface area contributed by atoms with E-state index in [1.807, 2.05) is 36.8 Å². The highest BCUT2D eigenvalue weighted by Crippen LogP contribution is 2.25. The van der Waals surface area contributed by atoms with Gasteiger partial charge in [0, 0.05) is 12.0 Å². The molecule has 0 radical (unpaired) electrons. The fourth-order valence-electron chi connectivity index (χ4n) is 2.14. The summed E-state index contributed by atoms with van der Waals surface area (Å²) in [7, 11) is 0. The smallest absolute Gasteiger partial charge is 0.303 e. The van der Waals surface area contributed by atoms with Gasteiger partial charge in [-0.15, -0.1) is 0 Å². The van der Waals surface area contributed by atoms with Gasteiger partial charge in [-0.25, -0.2) is 4.98 Å². The summed E-state index contributed by atoms with van der Waals surface area (Å²) >= 11 is 0. The second-order valence-corrected chi connectivity index (χ2v) is 5.91. The molecule has 2 aromatic rings. The number of carboxylic acids is 1. The van der Waals surface area contributed by atoms with E-state index < -0.39 is 5.97 Å². The van der Waals surface area contributed by atoms with E-state index in [1.54, 1.807) is 0 Å². The predicted octanol–water partition coefficient (Wildman–Crippen LogP) is 3.32. The number of rotatable bonds is 4. The lowest BCUT2D eigenvalue weighted by Gasteiger charge is -2.23. The first kappa shape index (κ1) is 14.3. The number of aliphatic carboxylic acids is 1. The Morgan fingerprint density at radius 1 is 1.25 bits per heavy atom. The normalized spacial score (nSPS) is 11.6. The lowest BCUT2D eigenvalue weighted by Crippen LogP contribution is -2.21. The largest absolute Gasteiger partial charge is 0.481 e. The number of aromatic nitrogens is 2. The van der Waals surface area contributed by atoms with Gasteiger partial charge in [-0.05, 0) is 38.3 Å². The molecular formula is C16H20N2O2. The van der Waals surface area contributed by atoms with E-state index in [1.165, 1.54) is 0 Å². The van der Waals surface area contributed by atoms with Gasteiger partial charge in [0.15, 0.2) is 0 Å². The summed E-state index contributed by atoms with van der Waals surface area (Å²) in [4.78, 5) is 14.8. The maximum absolute atomic E-state index is 10.6. The predicted molar refractivity (Wildman–Crippen MR) is 78.6 cm³/mol. The van der Waals surface area contributed by atoms with E-state index in [9.17, 15) is 4.79 Å². The third kappa shape index (κ3) is 3.26. The van der Waals surface area contributed by atoms with Crippen molar-refractivity contribution in [3.05, 3.63) is 42.4 Å². The molecule has 0 bridgehead atoms. The van der Waals surface area contributed by atoms with Crippen molar-refractivity contribution in [3.63, 3.8) is 0 Å². The van der Waals surface area contributed by atoms with Crippen LogP contribution in [0.2, 0.25) is 0 Å². The molecular weight excluding hydrogens is 252 g/mol. The first-order valence-corrected chi connectivity index (χ1v) is 6.72. The molecule has 2 rings (SSSR count). The van der Waals surface area contributed by atoms with Crippen LogP contribution in [0.5, 0.6) is 0 Å². The van der Waals surface area contributed by atoms with Crippen molar-refractivity contribution in [1.29, 1.82) is 0 Å². The number of carbonyl (C=O) groups is 1. The van der Waals surface area contributed by atoms with Gasteiger partial charge in [0.25, 0.3) is 0 Å². The van der Waals surface area contributed by atoms with Crippen LogP contribution in [0.15, 0.2) is 36.8 Å². The molecule has 0 aliphatic carbocycles. The second-order valence-electron chi connectivity index (χ2n) is 5.91. The highest BCUT2D eigenvalue weighted by atomic mass is 16.4. The number of aryl methyl sites for hydroxylation is 1. The summed E-state index contributed by atoms with van der Waals surface area (Å²) < 4.78 is 2.14. The molecule has 0 atom stereocenters. The molecule has 0 amide bonds. The fraction of sp³-hybridized carbons (Fsp3) is 0.375. The summed E-state index contributed by atoms with van der Waals surface area (Å²) in [6.45, 7) is 6.41. The van der Waals surface area contributed by atoms with Gasteiger partial charge in [-0.1, -0.05) is 24.3 Å². The van der Waals surface area contributed by atoms with Crippen molar-refractivity contribution in [1.82, 2.24) is 9.55 Å². The van der Waals surface area contributed by atoms with Crippen LogP contribution in [0.3, 0.4) is 0 Å². The van der Waals surface area contributed by atoms with E-state index in [-0.39, 0.29) is 12.0 Å². The van der Waals surface area contributed by atoms with Crippen LogP contribution in [0.1, 0.15) is 32.8 Å². The molecule has 20 heavy (non-hydrogen) atoms. The number of nitrogens with zero attached hydrogens (tertiary/aromatic N) is 2. The summed E-state index contributed by atoms with van der Waals surface area (Å²) in [5.74, 6) is -0.764. The molecule has 0 aliphatic heterocycles. The molecule has 0 spiro atoms. The highest BCUT2D eigenvalue weighted by Gasteiger charge is 2.17. The van der Waals surface area contributed by atoms with Crippen molar-refractivity contribution in [2.75, 3.05) is 0 Å². The number of benzene rings is 1. The zero-order chi connectivity index (χ0) is 14.8. The van der Waals surface area contributed by atoms with Gasteiger partial charge < -0.3 is 9.67 Å². The standard InChI is InChI=1S/C16H20N2O2/c1-16(2,3)18-11-17-10-14(18)13-7-4-12(5-8-13)6-9-15(19)20/h4-5,7-8,10-11H,6,9H2,1-3H3,(H,19,20). The number of imidazole rings is 1. The van der Waals surface area contributed by atoms with Crippen LogP contribution in [0.25, 0.3) is 11.3 Å². The Bertz CT molecular complexity index is 592. The minimum Gasteiger partial charge on any atom is -0.481 e. The van der Waals surface area contributed by atoms with Crippen LogP contribution in [0.4, 0.5) is 0 Å². The van der Waals surface area contributed by atoms with Gasteiger partial charge in [0.05, 0.1) is 18.2 Å². The van der Waals surface area contributed by atoms with Gasteiger partial charge >= 0.3 is 5.97 Å². The summed E-state index contributed by atoms with van der Waals surface area (Å²) in [5.41, 5.74) is 3.19. The Hall–Kier alpha value is -2.10. The van der Waals surface area contributed by atoms with Crippen LogP contribution in [-0.4, -0.2) is 20.6 Å². The van der Waals surface area contributed by atoms with Crippen molar-refractivity contribution < 1.29 is 9.90 Å². The van der Waals surface area contributed by atoms with Crippen molar-refractivity contribution in [2.45, 2.75) is 39.2 Å². The lowest BCUT2D eigenvalue weighted by molar-refractivity contribution is -0.136. The monoisotopic (exact) mass is 272 g/mol. The molecule has 0 aliphatic rings. The Morgan fingerprint density at radius 3 is 2.45 bits per heavy atom. The molecule has 0 saturated carbocycles. The van der Waals surface area contributed by atoms with Gasteiger partial charge in [-0.3, -0.25) is 4.79 Å². The average molecular weight is 272 g/mol. The van der Waals surface area contributed by atoms with Crippen molar-refractivity contribution >= 4 is 5.97 Å². The molecule has 4 heteroatoms. The van der Waals surface area contributed by atoms with E-state index in [0.29, 0.717) is 6.42 Å².